The molecular weight excluding hydrogens is 399 g/mol. The summed E-state index contributed by atoms with van der Waals surface area (Å²) in [5.41, 5.74) is 2.11. The highest BCUT2D eigenvalue weighted by Gasteiger charge is 2.36. The van der Waals surface area contributed by atoms with Gasteiger partial charge in [-0.3, -0.25) is 9.69 Å². The summed E-state index contributed by atoms with van der Waals surface area (Å²) >= 11 is 0. The second kappa shape index (κ2) is 10.9. The van der Waals surface area contributed by atoms with Crippen molar-refractivity contribution in [3.05, 3.63) is 58.8 Å². The number of carbonyl (C=O) groups excluding carboxylic acids is 1. The van der Waals surface area contributed by atoms with Gasteiger partial charge >= 0.3 is 0 Å². The molecule has 1 aromatic carbocycles. The lowest BCUT2D eigenvalue weighted by Crippen LogP contribution is -2.41. The fourth-order valence-electron chi connectivity index (χ4n) is 4.35. The number of carbonyl (C=O) groups is 1. The van der Waals surface area contributed by atoms with E-state index in [9.17, 15) is 9.18 Å². The van der Waals surface area contributed by atoms with Gasteiger partial charge in [0.25, 0.3) is 0 Å². The molecule has 2 heterocycles. The lowest BCUT2D eigenvalue weighted by Gasteiger charge is -2.28. The third kappa shape index (κ3) is 6.15. The van der Waals surface area contributed by atoms with Gasteiger partial charge < -0.3 is 18.8 Å². The van der Waals surface area contributed by atoms with Crippen LogP contribution in [0.1, 0.15) is 28.6 Å². The first-order chi connectivity index (χ1) is 14.9. The lowest BCUT2D eigenvalue weighted by atomic mass is 9.88. The molecule has 0 aliphatic carbocycles. The summed E-state index contributed by atoms with van der Waals surface area (Å²) in [6.45, 7) is 7.85. The quantitative estimate of drug-likeness (QED) is 0.576. The van der Waals surface area contributed by atoms with Crippen LogP contribution in [0.3, 0.4) is 0 Å². The summed E-state index contributed by atoms with van der Waals surface area (Å²) < 4.78 is 30.1. The summed E-state index contributed by atoms with van der Waals surface area (Å²) in [6, 6.07) is 8.88. The Hall–Kier alpha value is -2.22. The zero-order valence-electron chi connectivity index (χ0n) is 18.9. The lowest BCUT2D eigenvalue weighted by molar-refractivity contribution is -0.136. The van der Waals surface area contributed by atoms with Crippen LogP contribution in [0.15, 0.2) is 34.7 Å². The molecule has 3 rings (SSSR count). The van der Waals surface area contributed by atoms with Crippen LogP contribution in [0, 0.1) is 25.6 Å². The summed E-state index contributed by atoms with van der Waals surface area (Å²) in [5.74, 6) is 1.85. The van der Waals surface area contributed by atoms with Crippen molar-refractivity contribution in [3.8, 4) is 0 Å². The van der Waals surface area contributed by atoms with Gasteiger partial charge in [0.15, 0.2) is 0 Å². The Morgan fingerprint density at radius 2 is 2.03 bits per heavy atom. The summed E-state index contributed by atoms with van der Waals surface area (Å²) in [7, 11) is 3.14. The Balaban J connectivity index is 1.79. The zero-order valence-corrected chi connectivity index (χ0v) is 18.9. The zero-order chi connectivity index (χ0) is 22.4. The van der Waals surface area contributed by atoms with Gasteiger partial charge in [-0.25, -0.2) is 4.39 Å². The standard InChI is InChI=1S/C24H33FN2O4/c1-17-10-22(31-18(17)2)14-26-12-20(13-27(8-9-29-3)24(28)16-30-4)23(15-26)19-6-5-7-21(25)11-19/h5-7,10-11,20,23H,8-9,12-16H2,1-4H3/t20-,23+/m1/s1. The number of hydrogen-bond donors (Lipinski definition) is 0. The Labute approximate surface area is 183 Å². The molecule has 0 bridgehead atoms. The molecule has 1 aromatic heterocycles. The molecule has 1 amide bonds. The van der Waals surface area contributed by atoms with Gasteiger partial charge in [-0.1, -0.05) is 12.1 Å². The molecule has 1 aliphatic heterocycles. The average molecular weight is 433 g/mol. The molecule has 7 heteroatoms. The molecule has 6 nitrogen and oxygen atoms in total. The molecule has 31 heavy (non-hydrogen) atoms. The first kappa shape index (κ1) is 23.4. The van der Waals surface area contributed by atoms with Gasteiger partial charge in [0.05, 0.1) is 13.2 Å². The van der Waals surface area contributed by atoms with Crippen molar-refractivity contribution in [2.75, 3.05) is 53.6 Å². The van der Waals surface area contributed by atoms with Crippen LogP contribution >= 0.6 is 0 Å². The van der Waals surface area contributed by atoms with E-state index in [4.69, 9.17) is 13.9 Å². The molecule has 2 aromatic rings. The predicted octanol–water partition coefficient (Wildman–Crippen LogP) is 3.37. The Morgan fingerprint density at radius 1 is 1.23 bits per heavy atom. The number of amides is 1. The van der Waals surface area contributed by atoms with Gasteiger partial charge in [0, 0.05) is 46.3 Å². The largest absolute Gasteiger partial charge is 0.465 e. The maximum Gasteiger partial charge on any atom is 0.248 e. The number of nitrogens with zero attached hydrogens (tertiary/aromatic N) is 2. The molecule has 1 aliphatic rings. The first-order valence-corrected chi connectivity index (χ1v) is 10.7. The molecular formula is C24H33FN2O4. The normalized spacial score (nSPS) is 19.1. The van der Waals surface area contributed by atoms with Crippen molar-refractivity contribution in [3.63, 3.8) is 0 Å². The van der Waals surface area contributed by atoms with E-state index in [2.05, 4.69) is 11.0 Å². The van der Waals surface area contributed by atoms with Crippen molar-refractivity contribution < 1.29 is 23.1 Å². The second-order valence-electron chi connectivity index (χ2n) is 8.33. The van der Waals surface area contributed by atoms with Crippen LogP contribution in [0.25, 0.3) is 0 Å². The number of furan rings is 1. The highest BCUT2D eigenvalue weighted by atomic mass is 19.1. The first-order valence-electron chi connectivity index (χ1n) is 10.7. The monoisotopic (exact) mass is 432 g/mol. The molecule has 0 radical (unpaired) electrons. The number of halogens is 1. The van der Waals surface area contributed by atoms with E-state index < -0.39 is 0 Å². The Morgan fingerprint density at radius 3 is 2.68 bits per heavy atom. The second-order valence-corrected chi connectivity index (χ2v) is 8.33. The number of hydrogen-bond acceptors (Lipinski definition) is 5. The summed E-state index contributed by atoms with van der Waals surface area (Å²) in [6.07, 6.45) is 0. The van der Waals surface area contributed by atoms with Crippen LogP contribution in [0.4, 0.5) is 4.39 Å². The molecule has 1 saturated heterocycles. The van der Waals surface area contributed by atoms with Crippen LogP contribution in [-0.4, -0.2) is 69.3 Å². The molecule has 170 valence electrons. The third-order valence-corrected chi connectivity index (χ3v) is 6.03. The van der Waals surface area contributed by atoms with Crippen LogP contribution in [0.2, 0.25) is 0 Å². The van der Waals surface area contributed by atoms with E-state index >= 15 is 0 Å². The topological polar surface area (TPSA) is 55.2 Å². The Bertz CT molecular complexity index is 850. The van der Waals surface area contributed by atoms with Crippen molar-refractivity contribution >= 4 is 5.91 Å². The van der Waals surface area contributed by atoms with E-state index in [-0.39, 0.29) is 30.2 Å². The molecule has 0 unspecified atom stereocenters. The number of likely N-dealkylation sites (tertiary alicyclic amines) is 1. The van der Waals surface area contributed by atoms with Gasteiger partial charge in [0.1, 0.15) is 23.9 Å². The molecule has 2 atom stereocenters. The summed E-state index contributed by atoms with van der Waals surface area (Å²) in [5, 5.41) is 0. The molecule has 0 N–H and O–H groups in total. The average Bonchev–Trinajstić information content (AvgIpc) is 3.27. The van der Waals surface area contributed by atoms with Gasteiger partial charge in [-0.15, -0.1) is 0 Å². The minimum Gasteiger partial charge on any atom is -0.465 e. The fraction of sp³-hybridized carbons (Fsp3) is 0.542. The van der Waals surface area contributed by atoms with E-state index in [0.717, 1.165) is 35.7 Å². The summed E-state index contributed by atoms with van der Waals surface area (Å²) in [4.78, 5) is 16.7. The van der Waals surface area contributed by atoms with Crippen molar-refractivity contribution in [2.45, 2.75) is 26.3 Å². The van der Waals surface area contributed by atoms with Gasteiger partial charge in [-0.2, -0.15) is 0 Å². The SMILES string of the molecule is COCCN(C[C@H]1CN(Cc2cc(C)c(C)o2)C[C@H]1c1cccc(F)c1)C(=O)COC. The van der Waals surface area contributed by atoms with E-state index in [1.165, 1.54) is 13.2 Å². The minimum atomic E-state index is -0.237. The van der Waals surface area contributed by atoms with Gasteiger partial charge in [0.2, 0.25) is 5.91 Å². The Kier molecular flexibility index (Phi) is 8.23. The molecule has 0 saturated carbocycles. The van der Waals surface area contributed by atoms with Gasteiger partial charge in [-0.05, 0) is 49.1 Å². The number of rotatable bonds is 10. The van der Waals surface area contributed by atoms with Crippen LogP contribution in [0.5, 0.6) is 0 Å². The number of aryl methyl sites for hydroxylation is 2. The maximum atomic E-state index is 14.0. The minimum absolute atomic E-state index is 0.0374. The smallest absolute Gasteiger partial charge is 0.248 e. The number of methoxy groups -OCH3 is 2. The van der Waals surface area contributed by atoms with Crippen molar-refractivity contribution in [1.29, 1.82) is 0 Å². The highest BCUT2D eigenvalue weighted by molar-refractivity contribution is 5.77. The molecule has 0 spiro atoms. The number of benzene rings is 1. The predicted molar refractivity (Wildman–Crippen MR) is 116 cm³/mol. The maximum absolute atomic E-state index is 14.0. The van der Waals surface area contributed by atoms with E-state index in [1.807, 2.05) is 19.9 Å². The highest BCUT2D eigenvalue weighted by Crippen LogP contribution is 2.35. The number of ether oxygens (including phenoxy) is 2. The molecule has 1 fully saturated rings. The van der Waals surface area contributed by atoms with Crippen molar-refractivity contribution in [1.82, 2.24) is 9.80 Å². The van der Waals surface area contributed by atoms with Crippen LogP contribution in [-0.2, 0) is 20.8 Å². The van der Waals surface area contributed by atoms with E-state index in [1.54, 1.807) is 24.1 Å². The van der Waals surface area contributed by atoms with Crippen molar-refractivity contribution in [2.24, 2.45) is 5.92 Å². The third-order valence-electron chi connectivity index (χ3n) is 6.03. The fourth-order valence-corrected chi connectivity index (χ4v) is 4.35. The van der Waals surface area contributed by atoms with Crippen LogP contribution < -0.4 is 0 Å². The van der Waals surface area contributed by atoms with E-state index in [0.29, 0.717) is 26.2 Å².